The van der Waals surface area contributed by atoms with Crippen LogP contribution in [0.2, 0.25) is 0 Å². The van der Waals surface area contributed by atoms with Gasteiger partial charge in [0.05, 0.1) is 42.0 Å². The van der Waals surface area contributed by atoms with Crippen LogP contribution in [0.5, 0.6) is 5.88 Å². The van der Waals surface area contributed by atoms with E-state index < -0.39 is 30.5 Å². The fourth-order valence-electron chi connectivity index (χ4n) is 4.46. The number of urea groups is 1. The smallest absolute Gasteiger partial charge is 0.416 e. The lowest BCUT2D eigenvalue weighted by Crippen LogP contribution is -2.56. The fourth-order valence-corrected chi connectivity index (χ4v) is 4.46. The summed E-state index contributed by atoms with van der Waals surface area (Å²) in [6, 6.07) is 5.42. The molecule has 14 heteroatoms. The van der Waals surface area contributed by atoms with E-state index in [1.807, 2.05) is 0 Å². The van der Waals surface area contributed by atoms with Gasteiger partial charge in [0.2, 0.25) is 5.88 Å². The van der Waals surface area contributed by atoms with Crippen molar-refractivity contribution in [1.82, 2.24) is 20.2 Å². The predicted octanol–water partition coefficient (Wildman–Crippen LogP) is 2.71. The Balaban J connectivity index is 1.44. The maximum atomic E-state index is 13.5. The van der Waals surface area contributed by atoms with E-state index in [0.717, 1.165) is 25.1 Å². The Bertz CT molecular complexity index is 1330. The number of anilines is 3. The molecule has 4 heterocycles. The number of rotatable bonds is 6. The summed E-state index contributed by atoms with van der Waals surface area (Å²) >= 11 is 0. The molecule has 11 nitrogen and oxygen atoms in total. The number of nitrogens with zero attached hydrogens (tertiary/aromatic N) is 6. The first-order valence-electron chi connectivity index (χ1n) is 11.9. The number of fused-ring (bicyclic) bond motifs is 4. The molecule has 1 aromatic carbocycles. The number of amides is 2. The second kappa shape index (κ2) is 10.4. The number of nitrogens with one attached hydrogen (secondary N) is 1. The number of piperidine rings is 1. The minimum absolute atomic E-state index is 0.0346. The van der Waals surface area contributed by atoms with Crippen molar-refractivity contribution in [3.63, 3.8) is 0 Å². The largest absolute Gasteiger partial charge is 0.474 e. The van der Waals surface area contributed by atoms with Crippen LogP contribution in [0.1, 0.15) is 18.4 Å². The highest BCUT2D eigenvalue weighted by atomic mass is 19.4. The normalized spacial score (nSPS) is 17.6. The van der Waals surface area contributed by atoms with Gasteiger partial charge in [0, 0.05) is 24.7 Å². The summed E-state index contributed by atoms with van der Waals surface area (Å²) in [7, 11) is 0. The van der Waals surface area contributed by atoms with E-state index >= 15 is 0 Å². The van der Waals surface area contributed by atoms with Crippen molar-refractivity contribution in [1.29, 1.82) is 0 Å². The van der Waals surface area contributed by atoms with Crippen LogP contribution in [0, 0.1) is 0 Å². The van der Waals surface area contributed by atoms with Crippen LogP contribution in [-0.2, 0) is 6.18 Å². The third-order valence-electron chi connectivity index (χ3n) is 6.27. The Hall–Kier alpha value is -4.04. The van der Waals surface area contributed by atoms with Crippen LogP contribution in [0.3, 0.4) is 0 Å². The van der Waals surface area contributed by atoms with Gasteiger partial charge in [-0.25, -0.2) is 14.8 Å². The quantitative estimate of drug-likeness (QED) is 0.439. The number of carbonyl (C=O) groups excluding carboxylic acids is 1. The average Bonchev–Trinajstić information content (AvgIpc) is 2.91. The molecule has 2 bridgehead atoms. The maximum Gasteiger partial charge on any atom is 0.416 e. The molecule has 0 radical (unpaired) electrons. The van der Waals surface area contributed by atoms with Gasteiger partial charge < -0.3 is 25.2 Å². The van der Waals surface area contributed by atoms with Crippen molar-refractivity contribution >= 4 is 23.2 Å². The van der Waals surface area contributed by atoms with Crippen LogP contribution in [-0.4, -0.2) is 74.9 Å². The predicted molar refractivity (Wildman–Crippen MR) is 130 cm³/mol. The summed E-state index contributed by atoms with van der Waals surface area (Å²) in [6.45, 7) is 0.616. The molecule has 200 valence electrons. The van der Waals surface area contributed by atoms with Gasteiger partial charge in [-0.05, 0) is 25.0 Å². The van der Waals surface area contributed by atoms with E-state index in [1.165, 1.54) is 35.5 Å². The topological polar surface area (TPSA) is 137 Å². The number of halogens is 3. The molecule has 3 aromatic rings. The minimum atomic E-state index is -4.52. The average molecular weight is 531 g/mol. The summed E-state index contributed by atoms with van der Waals surface area (Å²) in [4.78, 5) is 25.9. The summed E-state index contributed by atoms with van der Waals surface area (Å²) in [5.74, 6) is 0.398. The molecule has 1 unspecified atom stereocenters. The van der Waals surface area contributed by atoms with Crippen molar-refractivity contribution in [2.75, 3.05) is 41.4 Å². The molecule has 2 aromatic heterocycles. The fraction of sp³-hybridized carbons (Fsp3) is 0.375. The number of hydrogen-bond donors (Lipinski definition) is 3. The Morgan fingerprint density at radius 3 is 2.89 bits per heavy atom. The Morgan fingerprint density at radius 1 is 1.26 bits per heavy atom. The molecule has 5 rings (SSSR count). The number of alkyl halides is 3. The third-order valence-corrected chi connectivity index (χ3v) is 6.27. The van der Waals surface area contributed by atoms with E-state index in [0.29, 0.717) is 24.5 Å². The minimum Gasteiger partial charge on any atom is -0.474 e. The van der Waals surface area contributed by atoms with E-state index in [9.17, 15) is 23.1 Å². The Morgan fingerprint density at radius 2 is 2.11 bits per heavy atom. The van der Waals surface area contributed by atoms with Crippen LogP contribution < -0.4 is 19.9 Å². The molecule has 1 saturated heterocycles. The summed E-state index contributed by atoms with van der Waals surface area (Å²) in [6.07, 6.45) is -1.21. The number of aromatic nitrogens is 4. The molecule has 2 aliphatic heterocycles. The first-order valence-corrected chi connectivity index (χ1v) is 11.9. The van der Waals surface area contributed by atoms with E-state index in [-0.39, 0.29) is 35.6 Å². The second-order valence-electron chi connectivity index (χ2n) is 8.95. The van der Waals surface area contributed by atoms with Crippen LogP contribution in [0.4, 0.5) is 35.2 Å². The number of aliphatic hydroxyl groups is 2. The molecular formula is C24H24F3N7O4. The van der Waals surface area contributed by atoms with Gasteiger partial charge in [-0.1, -0.05) is 12.1 Å². The van der Waals surface area contributed by atoms with Gasteiger partial charge in [0.15, 0.2) is 11.6 Å². The molecule has 38 heavy (non-hydrogen) atoms. The summed E-state index contributed by atoms with van der Waals surface area (Å²) in [5, 5.41) is 28.7. The standard InChI is InChI=1S/C24H24F3N7O4/c25-24(26,27)15-4-1-3-14(7-15)21-28-10-19-22(31-21)34(17-5-2-6-33(19)11-17)23(37)30-16-8-20(32-29-9-16)38-13-18(36)12-35/h1,3-4,7-10,17-18,35-36H,2,5-6,11-13H2,(H,30,32,37)/t17?,18-/m1/s1. The van der Waals surface area contributed by atoms with Crippen LogP contribution >= 0.6 is 0 Å². The lowest BCUT2D eigenvalue weighted by molar-refractivity contribution is -0.137. The molecule has 2 amide bonds. The van der Waals surface area contributed by atoms with Crippen molar-refractivity contribution < 1.29 is 32.9 Å². The lowest BCUT2D eigenvalue weighted by Gasteiger charge is -2.45. The van der Waals surface area contributed by atoms with Crippen LogP contribution in [0.15, 0.2) is 42.7 Å². The van der Waals surface area contributed by atoms with Gasteiger partial charge in [0.1, 0.15) is 12.7 Å². The van der Waals surface area contributed by atoms with E-state index in [4.69, 9.17) is 9.84 Å². The van der Waals surface area contributed by atoms with E-state index in [2.05, 4.69) is 30.4 Å². The van der Waals surface area contributed by atoms with Crippen molar-refractivity contribution in [3.8, 4) is 17.3 Å². The van der Waals surface area contributed by atoms with Gasteiger partial charge in [0.25, 0.3) is 0 Å². The number of ether oxygens (including phenoxy) is 1. The van der Waals surface area contributed by atoms with Gasteiger partial charge in [-0.2, -0.15) is 18.3 Å². The number of carbonyl (C=O) groups is 1. The zero-order valence-corrected chi connectivity index (χ0v) is 20.0. The highest BCUT2D eigenvalue weighted by Crippen LogP contribution is 2.39. The van der Waals surface area contributed by atoms with Crippen LogP contribution in [0.25, 0.3) is 11.4 Å². The maximum absolute atomic E-state index is 13.5. The molecule has 0 saturated carbocycles. The third kappa shape index (κ3) is 5.31. The second-order valence-corrected chi connectivity index (χ2v) is 8.95. The first kappa shape index (κ1) is 25.6. The summed E-state index contributed by atoms with van der Waals surface area (Å²) < 4.78 is 45.1. The van der Waals surface area contributed by atoms with Gasteiger partial charge in [-0.3, -0.25) is 4.90 Å². The molecular weight excluding hydrogens is 507 g/mol. The van der Waals surface area contributed by atoms with Gasteiger partial charge >= 0.3 is 12.2 Å². The highest BCUT2D eigenvalue weighted by molar-refractivity contribution is 6.04. The molecule has 2 atom stereocenters. The molecule has 2 aliphatic rings. The number of hydrogen-bond acceptors (Lipinski definition) is 9. The van der Waals surface area contributed by atoms with Crippen molar-refractivity contribution in [2.24, 2.45) is 0 Å². The van der Waals surface area contributed by atoms with Gasteiger partial charge in [-0.15, -0.1) is 5.10 Å². The molecule has 3 N–H and O–H groups in total. The Labute approximate surface area is 214 Å². The lowest BCUT2D eigenvalue weighted by atomic mass is 10.0. The SMILES string of the molecule is O=C(Nc1cnnc(OC[C@H](O)CO)c1)N1c2nc(-c3cccc(C(F)(F)F)c3)ncc2N2CCCC1C2. The van der Waals surface area contributed by atoms with Crippen molar-refractivity contribution in [3.05, 3.63) is 48.3 Å². The summed E-state index contributed by atoms with van der Waals surface area (Å²) in [5.41, 5.74) is 0.243. The number of benzene rings is 1. The van der Waals surface area contributed by atoms with E-state index in [1.54, 1.807) is 0 Å². The monoisotopic (exact) mass is 531 g/mol. The molecule has 0 spiro atoms. The number of aliphatic hydroxyl groups excluding tert-OH is 2. The molecule has 0 aliphatic carbocycles. The highest BCUT2D eigenvalue weighted by Gasteiger charge is 2.39. The Kier molecular flexibility index (Phi) is 6.99. The molecule has 1 fully saturated rings. The zero-order chi connectivity index (χ0) is 26.9. The zero-order valence-electron chi connectivity index (χ0n) is 20.0. The van der Waals surface area contributed by atoms with Crippen molar-refractivity contribution in [2.45, 2.75) is 31.2 Å². The first-order chi connectivity index (χ1) is 18.2.